The zero-order valence-corrected chi connectivity index (χ0v) is 12.7. The highest BCUT2D eigenvalue weighted by atomic mass is 16.5. The van der Waals surface area contributed by atoms with E-state index >= 15 is 0 Å². The fraction of sp³-hybridized carbons (Fsp3) is 0.500. The van der Waals surface area contributed by atoms with Gasteiger partial charge in [0.1, 0.15) is 5.75 Å². The Balaban J connectivity index is 1.94. The maximum atomic E-state index is 11.8. The second kappa shape index (κ2) is 7.15. The molecule has 0 spiro atoms. The predicted octanol–water partition coefficient (Wildman–Crippen LogP) is 1.89. The van der Waals surface area contributed by atoms with E-state index < -0.39 is 5.97 Å². The molecule has 1 aromatic rings. The van der Waals surface area contributed by atoms with Gasteiger partial charge in [-0.2, -0.15) is 0 Å². The van der Waals surface area contributed by atoms with Gasteiger partial charge in [0.15, 0.2) is 0 Å². The van der Waals surface area contributed by atoms with Crippen LogP contribution in [-0.2, 0) is 10.2 Å². The van der Waals surface area contributed by atoms with Crippen LogP contribution < -0.4 is 15.4 Å². The van der Waals surface area contributed by atoms with Crippen molar-refractivity contribution in [2.75, 3.05) is 20.2 Å². The molecule has 1 fully saturated rings. The van der Waals surface area contributed by atoms with Crippen LogP contribution in [0.2, 0.25) is 0 Å². The van der Waals surface area contributed by atoms with Crippen molar-refractivity contribution in [2.24, 2.45) is 0 Å². The van der Waals surface area contributed by atoms with Crippen LogP contribution in [0.4, 0.5) is 4.79 Å². The molecule has 0 saturated heterocycles. The number of benzene rings is 1. The standard InChI is InChI=1S/C16H22N2O4/c1-22-13-6-3-2-5-12(13)16(8-4-9-16)11-18-15(21)17-10-7-14(19)20/h2-3,5-6H,4,7-11H2,1H3,(H,19,20)(H2,17,18,21). The third-order valence-electron chi connectivity index (χ3n) is 4.20. The Morgan fingerprint density at radius 1 is 1.27 bits per heavy atom. The Hall–Kier alpha value is -2.24. The van der Waals surface area contributed by atoms with Crippen molar-refractivity contribution in [3.05, 3.63) is 29.8 Å². The van der Waals surface area contributed by atoms with Crippen LogP contribution in [0, 0.1) is 0 Å². The molecule has 22 heavy (non-hydrogen) atoms. The molecular weight excluding hydrogens is 284 g/mol. The number of aliphatic carboxylic acids is 1. The van der Waals surface area contributed by atoms with E-state index in [9.17, 15) is 9.59 Å². The number of hydrogen-bond donors (Lipinski definition) is 3. The average molecular weight is 306 g/mol. The summed E-state index contributed by atoms with van der Waals surface area (Å²) >= 11 is 0. The topological polar surface area (TPSA) is 87.7 Å². The quantitative estimate of drug-likeness (QED) is 0.718. The maximum Gasteiger partial charge on any atom is 0.314 e. The number of urea groups is 1. The first-order chi connectivity index (χ1) is 10.6. The van der Waals surface area contributed by atoms with Gasteiger partial charge in [-0.1, -0.05) is 24.6 Å². The minimum Gasteiger partial charge on any atom is -0.496 e. The van der Waals surface area contributed by atoms with Gasteiger partial charge in [-0.15, -0.1) is 0 Å². The molecule has 1 aliphatic carbocycles. The number of nitrogens with one attached hydrogen (secondary N) is 2. The normalized spacial score (nSPS) is 15.5. The molecule has 0 bridgehead atoms. The van der Waals surface area contributed by atoms with Gasteiger partial charge in [-0.3, -0.25) is 4.79 Å². The third kappa shape index (κ3) is 3.69. The first-order valence-electron chi connectivity index (χ1n) is 7.44. The van der Waals surface area contributed by atoms with Crippen LogP contribution in [0.3, 0.4) is 0 Å². The largest absolute Gasteiger partial charge is 0.496 e. The lowest BCUT2D eigenvalue weighted by molar-refractivity contribution is -0.136. The number of carbonyl (C=O) groups excluding carboxylic acids is 1. The Bertz CT molecular complexity index is 541. The first-order valence-corrected chi connectivity index (χ1v) is 7.44. The number of carboxylic acid groups (broad SMARTS) is 1. The Kier molecular flexibility index (Phi) is 5.25. The van der Waals surface area contributed by atoms with Crippen molar-refractivity contribution in [1.29, 1.82) is 0 Å². The maximum absolute atomic E-state index is 11.8. The molecule has 0 aliphatic heterocycles. The van der Waals surface area contributed by atoms with E-state index in [2.05, 4.69) is 10.6 Å². The summed E-state index contributed by atoms with van der Waals surface area (Å²) in [7, 11) is 1.65. The van der Waals surface area contributed by atoms with Crippen LogP contribution in [-0.4, -0.2) is 37.3 Å². The predicted molar refractivity (Wildman–Crippen MR) is 82.2 cm³/mol. The van der Waals surface area contributed by atoms with E-state index in [1.807, 2.05) is 24.3 Å². The van der Waals surface area contributed by atoms with E-state index in [0.29, 0.717) is 6.54 Å². The lowest BCUT2D eigenvalue weighted by atomic mass is 9.64. The zero-order chi connectivity index (χ0) is 16.0. The van der Waals surface area contributed by atoms with Gasteiger partial charge in [0.25, 0.3) is 0 Å². The summed E-state index contributed by atoms with van der Waals surface area (Å²) in [6, 6.07) is 7.55. The van der Waals surface area contributed by atoms with E-state index in [1.54, 1.807) is 7.11 Å². The van der Waals surface area contributed by atoms with Gasteiger partial charge < -0.3 is 20.5 Å². The molecule has 3 N–H and O–H groups in total. The SMILES string of the molecule is COc1ccccc1C1(CNC(=O)NCCC(=O)O)CCC1. The van der Waals surface area contributed by atoms with Crippen LogP contribution in [0.25, 0.3) is 0 Å². The smallest absolute Gasteiger partial charge is 0.314 e. The lowest BCUT2D eigenvalue weighted by Crippen LogP contribution is -2.48. The van der Waals surface area contributed by atoms with E-state index in [4.69, 9.17) is 9.84 Å². The summed E-state index contributed by atoms with van der Waals surface area (Å²) < 4.78 is 5.43. The summed E-state index contributed by atoms with van der Waals surface area (Å²) in [5.41, 5.74) is 1.03. The minimum absolute atomic E-state index is 0.0783. The van der Waals surface area contributed by atoms with Crippen molar-refractivity contribution in [3.63, 3.8) is 0 Å². The van der Waals surface area contributed by atoms with Crippen LogP contribution >= 0.6 is 0 Å². The van der Waals surface area contributed by atoms with Gasteiger partial charge in [0.2, 0.25) is 0 Å². The molecule has 0 heterocycles. The number of amides is 2. The molecule has 6 heteroatoms. The van der Waals surface area contributed by atoms with Crippen molar-refractivity contribution in [3.8, 4) is 5.75 Å². The number of rotatable bonds is 7. The second-order valence-corrected chi connectivity index (χ2v) is 5.59. The molecule has 6 nitrogen and oxygen atoms in total. The lowest BCUT2D eigenvalue weighted by Gasteiger charge is -2.43. The highest BCUT2D eigenvalue weighted by Crippen LogP contribution is 2.46. The summed E-state index contributed by atoms with van der Waals surface area (Å²) in [6.45, 7) is 0.648. The summed E-state index contributed by atoms with van der Waals surface area (Å²) in [6.07, 6.45) is 3.05. The van der Waals surface area contributed by atoms with Gasteiger partial charge in [0, 0.05) is 24.1 Å². The van der Waals surface area contributed by atoms with Crippen molar-refractivity contribution in [2.45, 2.75) is 31.1 Å². The summed E-state index contributed by atoms with van der Waals surface area (Å²) in [4.78, 5) is 22.2. The third-order valence-corrected chi connectivity index (χ3v) is 4.20. The Morgan fingerprint density at radius 3 is 2.59 bits per heavy atom. The van der Waals surface area contributed by atoms with Crippen LogP contribution in [0.1, 0.15) is 31.2 Å². The van der Waals surface area contributed by atoms with Gasteiger partial charge >= 0.3 is 12.0 Å². The molecule has 1 aliphatic rings. The number of para-hydroxylation sites is 1. The van der Waals surface area contributed by atoms with Gasteiger partial charge in [-0.05, 0) is 18.9 Å². The molecule has 0 aromatic heterocycles. The number of hydrogen-bond acceptors (Lipinski definition) is 3. The molecule has 0 atom stereocenters. The molecule has 120 valence electrons. The molecule has 1 saturated carbocycles. The van der Waals surface area contributed by atoms with Crippen molar-refractivity contribution < 1.29 is 19.4 Å². The van der Waals surface area contributed by atoms with E-state index in [-0.39, 0.29) is 24.4 Å². The minimum atomic E-state index is -0.926. The molecule has 2 rings (SSSR count). The highest BCUT2D eigenvalue weighted by molar-refractivity contribution is 5.75. The average Bonchev–Trinajstić information content (AvgIpc) is 2.46. The van der Waals surface area contributed by atoms with Gasteiger partial charge in [0.05, 0.1) is 13.5 Å². The number of ether oxygens (including phenoxy) is 1. The van der Waals surface area contributed by atoms with Gasteiger partial charge in [-0.25, -0.2) is 4.79 Å². The van der Waals surface area contributed by atoms with Crippen LogP contribution in [0.5, 0.6) is 5.75 Å². The molecule has 1 aromatic carbocycles. The molecule has 0 unspecified atom stereocenters. The van der Waals surface area contributed by atoms with Crippen molar-refractivity contribution in [1.82, 2.24) is 10.6 Å². The Labute approximate surface area is 129 Å². The van der Waals surface area contributed by atoms with Crippen LogP contribution in [0.15, 0.2) is 24.3 Å². The highest BCUT2D eigenvalue weighted by Gasteiger charge is 2.40. The fourth-order valence-electron chi connectivity index (χ4n) is 2.82. The number of carbonyl (C=O) groups is 2. The summed E-state index contributed by atoms with van der Waals surface area (Å²) in [5.74, 6) is -0.0833. The molecular formula is C16H22N2O4. The molecule has 0 radical (unpaired) electrons. The monoisotopic (exact) mass is 306 g/mol. The zero-order valence-electron chi connectivity index (χ0n) is 12.7. The second-order valence-electron chi connectivity index (χ2n) is 5.59. The van der Waals surface area contributed by atoms with E-state index in [0.717, 1.165) is 30.6 Å². The fourth-order valence-corrected chi connectivity index (χ4v) is 2.82. The molecule has 2 amide bonds. The number of carboxylic acids is 1. The number of methoxy groups -OCH3 is 1. The Morgan fingerprint density at radius 2 is 2.00 bits per heavy atom. The van der Waals surface area contributed by atoms with Crippen molar-refractivity contribution >= 4 is 12.0 Å². The van der Waals surface area contributed by atoms with E-state index in [1.165, 1.54) is 0 Å². The first kappa shape index (κ1) is 16.1. The summed E-state index contributed by atoms with van der Waals surface area (Å²) in [5, 5.41) is 14.0.